The fourth-order valence-electron chi connectivity index (χ4n) is 3.65. The van der Waals surface area contributed by atoms with Crippen molar-refractivity contribution < 1.29 is 4.74 Å². The second-order valence-corrected chi connectivity index (χ2v) is 5.54. The van der Waals surface area contributed by atoms with Gasteiger partial charge in [0.25, 0.3) is 0 Å². The van der Waals surface area contributed by atoms with Crippen LogP contribution in [0.1, 0.15) is 43.8 Å². The molecule has 0 radical (unpaired) electrons. The van der Waals surface area contributed by atoms with Crippen molar-refractivity contribution in [2.75, 3.05) is 18.9 Å². The van der Waals surface area contributed by atoms with Gasteiger partial charge in [0.1, 0.15) is 5.82 Å². The first-order valence-electron chi connectivity index (χ1n) is 6.61. The van der Waals surface area contributed by atoms with Gasteiger partial charge in [-0.15, -0.1) is 0 Å². The molecule has 2 N–H and O–H groups in total. The van der Waals surface area contributed by atoms with Gasteiger partial charge in [-0.2, -0.15) is 5.10 Å². The smallest absolute Gasteiger partial charge is 0.122 e. The molecule has 1 aliphatic heterocycles. The van der Waals surface area contributed by atoms with Gasteiger partial charge in [-0.05, 0) is 38.0 Å². The van der Waals surface area contributed by atoms with E-state index in [1.807, 2.05) is 13.0 Å². The predicted molar refractivity (Wildman–Crippen MR) is 66.8 cm³/mol. The van der Waals surface area contributed by atoms with E-state index < -0.39 is 0 Å². The number of anilines is 1. The van der Waals surface area contributed by atoms with Crippen molar-refractivity contribution in [2.45, 2.75) is 45.1 Å². The average Bonchev–Trinajstić information content (AvgIpc) is 2.84. The van der Waals surface area contributed by atoms with E-state index in [1.165, 1.54) is 19.3 Å². The lowest BCUT2D eigenvalue weighted by Gasteiger charge is -2.39. The van der Waals surface area contributed by atoms with Gasteiger partial charge in [-0.25, -0.2) is 4.68 Å². The largest absolute Gasteiger partial charge is 0.384 e. The number of nitrogens with two attached hydrogens (primary N) is 1. The zero-order chi connectivity index (χ0) is 11.9. The van der Waals surface area contributed by atoms with Gasteiger partial charge in [0, 0.05) is 19.3 Å². The third-order valence-electron chi connectivity index (χ3n) is 4.53. The lowest BCUT2D eigenvalue weighted by Crippen LogP contribution is -2.35. The molecule has 1 aromatic heterocycles. The molecular weight excluding hydrogens is 214 g/mol. The summed E-state index contributed by atoms with van der Waals surface area (Å²) in [6.07, 6.45) is 6.14. The molecule has 17 heavy (non-hydrogen) atoms. The summed E-state index contributed by atoms with van der Waals surface area (Å²) < 4.78 is 7.59. The highest BCUT2D eigenvalue weighted by molar-refractivity contribution is 5.31. The molecule has 1 unspecified atom stereocenters. The first-order chi connectivity index (χ1) is 8.21. The third kappa shape index (κ3) is 1.75. The molecule has 0 aromatic carbocycles. The number of nitrogens with zero attached hydrogens (tertiary/aromatic N) is 2. The lowest BCUT2D eigenvalue weighted by molar-refractivity contribution is -0.00459. The minimum atomic E-state index is 0.394. The molecule has 2 heterocycles. The fourth-order valence-corrected chi connectivity index (χ4v) is 3.65. The summed E-state index contributed by atoms with van der Waals surface area (Å²) in [5.74, 6) is 0.820. The highest BCUT2D eigenvalue weighted by atomic mass is 16.5. The number of rotatable bonds is 1. The second-order valence-electron chi connectivity index (χ2n) is 5.54. The van der Waals surface area contributed by atoms with Gasteiger partial charge in [0.2, 0.25) is 0 Å². The first kappa shape index (κ1) is 11.1. The van der Waals surface area contributed by atoms with Crippen LogP contribution in [0.3, 0.4) is 0 Å². The SMILES string of the molecule is Cc1cc(N)n(C2CCCC23CCOCC3)n1. The van der Waals surface area contributed by atoms with Crippen LogP contribution < -0.4 is 5.73 Å². The van der Waals surface area contributed by atoms with Crippen molar-refractivity contribution in [2.24, 2.45) is 5.41 Å². The number of ether oxygens (including phenoxy) is 1. The molecule has 2 fully saturated rings. The summed E-state index contributed by atoms with van der Waals surface area (Å²) in [7, 11) is 0. The van der Waals surface area contributed by atoms with Crippen LogP contribution in [0.5, 0.6) is 0 Å². The van der Waals surface area contributed by atoms with Gasteiger partial charge in [-0.3, -0.25) is 0 Å². The topological polar surface area (TPSA) is 53.1 Å². The van der Waals surface area contributed by atoms with Crippen LogP contribution in [0.25, 0.3) is 0 Å². The predicted octanol–water partition coefficient (Wildman–Crippen LogP) is 2.30. The first-order valence-corrected chi connectivity index (χ1v) is 6.61. The Kier molecular flexibility index (Phi) is 2.62. The van der Waals surface area contributed by atoms with Gasteiger partial charge < -0.3 is 10.5 Å². The number of aromatic nitrogens is 2. The summed E-state index contributed by atoms with van der Waals surface area (Å²) in [5, 5.41) is 4.59. The highest BCUT2D eigenvalue weighted by Gasteiger charge is 2.45. The van der Waals surface area contributed by atoms with Crippen LogP contribution in [0.2, 0.25) is 0 Å². The second kappa shape index (κ2) is 4.02. The minimum Gasteiger partial charge on any atom is -0.384 e. The highest BCUT2D eigenvalue weighted by Crippen LogP contribution is 2.53. The van der Waals surface area contributed by atoms with E-state index in [2.05, 4.69) is 9.78 Å². The maximum atomic E-state index is 6.08. The molecular formula is C13H21N3O. The molecule has 1 saturated heterocycles. The molecule has 0 amide bonds. The molecule has 94 valence electrons. The summed E-state index contributed by atoms with van der Waals surface area (Å²) in [5.41, 5.74) is 7.50. The standard InChI is InChI=1S/C13H21N3O/c1-10-9-12(14)16(15-10)11-3-2-4-13(11)5-7-17-8-6-13/h9,11H,2-8,14H2,1H3. The average molecular weight is 235 g/mol. The van der Waals surface area contributed by atoms with Crippen LogP contribution in [-0.2, 0) is 4.74 Å². The van der Waals surface area contributed by atoms with E-state index in [0.29, 0.717) is 11.5 Å². The van der Waals surface area contributed by atoms with Crippen molar-refractivity contribution in [3.05, 3.63) is 11.8 Å². The van der Waals surface area contributed by atoms with Crippen molar-refractivity contribution in [3.63, 3.8) is 0 Å². The monoisotopic (exact) mass is 235 g/mol. The molecule has 0 bridgehead atoms. The Balaban J connectivity index is 1.93. The molecule has 1 saturated carbocycles. The van der Waals surface area contributed by atoms with Gasteiger partial charge in [0.05, 0.1) is 11.7 Å². The maximum absolute atomic E-state index is 6.08. The van der Waals surface area contributed by atoms with Crippen LogP contribution in [0.15, 0.2) is 6.07 Å². The minimum absolute atomic E-state index is 0.394. The number of nitrogen functional groups attached to an aromatic ring is 1. The molecule has 2 aliphatic rings. The molecule has 1 spiro atoms. The summed E-state index contributed by atoms with van der Waals surface area (Å²) >= 11 is 0. The molecule has 1 aliphatic carbocycles. The van der Waals surface area contributed by atoms with Crippen LogP contribution in [0, 0.1) is 12.3 Å². The molecule has 3 rings (SSSR count). The van der Waals surface area contributed by atoms with Crippen LogP contribution in [-0.4, -0.2) is 23.0 Å². The van der Waals surface area contributed by atoms with Crippen molar-refractivity contribution in [1.29, 1.82) is 0 Å². The summed E-state index contributed by atoms with van der Waals surface area (Å²) in [6, 6.07) is 2.46. The lowest BCUT2D eigenvalue weighted by atomic mass is 9.75. The summed E-state index contributed by atoms with van der Waals surface area (Å²) in [4.78, 5) is 0. The third-order valence-corrected chi connectivity index (χ3v) is 4.53. The van der Waals surface area contributed by atoms with E-state index in [-0.39, 0.29) is 0 Å². The molecule has 4 nitrogen and oxygen atoms in total. The fraction of sp³-hybridized carbons (Fsp3) is 0.769. The maximum Gasteiger partial charge on any atom is 0.122 e. The Hall–Kier alpha value is -1.03. The molecule has 4 heteroatoms. The van der Waals surface area contributed by atoms with E-state index in [4.69, 9.17) is 10.5 Å². The van der Waals surface area contributed by atoms with Crippen LogP contribution >= 0.6 is 0 Å². The van der Waals surface area contributed by atoms with Gasteiger partial charge >= 0.3 is 0 Å². The van der Waals surface area contributed by atoms with E-state index in [1.54, 1.807) is 0 Å². The molecule has 1 atom stereocenters. The quantitative estimate of drug-likeness (QED) is 0.812. The Morgan fingerprint density at radius 3 is 2.82 bits per heavy atom. The van der Waals surface area contributed by atoms with Gasteiger partial charge in [-0.1, -0.05) is 6.42 Å². The number of hydrogen-bond donors (Lipinski definition) is 1. The Morgan fingerprint density at radius 1 is 1.41 bits per heavy atom. The van der Waals surface area contributed by atoms with Crippen molar-refractivity contribution >= 4 is 5.82 Å². The summed E-state index contributed by atoms with van der Waals surface area (Å²) in [6.45, 7) is 3.81. The Bertz CT molecular complexity index is 407. The van der Waals surface area contributed by atoms with Crippen molar-refractivity contribution in [1.82, 2.24) is 9.78 Å². The zero-order valence-electron chi connectivity index (χ0n) is 10.5. The Labute approximate surface area is 102 Å². The normalized spacial score (nSPS) is 27.7. The number of hydrogen-bond acceptors (Lipinski definition) is 3. The van der Waals surface area contributed by atoms with Crippen LogP contribution in [0.4, 0.5) is 5.82 Å². The van der Waals surface area contributed by atoms with Gasteiger partial charge in [0.15, 0.2) is 0 Å². The number of aryl methyl sites for hydroxylation is 1. The van der Waals surface area contributed by atoms with Crippen molar-refractivity contribution in [3.8, 4) is 0 Å². The van der Waals surface area contributed by atoms with E-state index in [0.717, 1.165) is 37.6 Å². The van der Waals surface area contributed by atoms with E-state index in [9.17, 15) is 0 Å². The zero-order valence-corrected chi connectivity index (χ0v) is 10.5. The Morgan fingerprint density at radius 2 is 2.18 bits per heavy atom. The molecule has 1 aromatic rings. The van der Waals surface area contributed by atoms with E-state index >= 15 is 0 Å².